The van der Waals surface area contributed by atoms with Gasteiger partial charge in [-0.1, -0.05) is 6.07 Å². The number of carbonyl (C=O) groups is 1. The SMILES string of the molecule is Cc1ccc(S(=O)(=O)Nc2nc3c(s2)CCCC3)cc1C(N)=O. The Morgan fingerprint density at radius 1 is 1.30 bits per heavy atom. The van der Waals surface area contributed by atoms with E-state index in [9.17, 15) is 13.2 Å². The van der Waals surface area contributed by atoms with Crippen molar-refractivity contribution in [1.29, 1.82) is 0 Å². The van der Waals surface area contributed by atoms with Gasteiger partial charge in [-0.15, -0.1) is 11.3 Å². The van der Waals surface area contributed by atoms with E-state index in [2.05, 4.69) is 9.71 Å². The van der Waals surface area contributed by atoms with Gasteiger partial charge in [0.25, 0.3) is 10.0 Å². The van der Waals surface area contributed by atoms with Crippen molar-refractivity contribution >= 4 is 32.4 Å². The Morgan fingerprint density at radius 2 is 2.04 bits per heavy atom. The maximum absolute atomic E-state index is 12.5. The molecule has 1 aromatic carbocycles. The zero-order valence-corrected chi connectivity index (χ0v) is 14.3. The molecule has 1 amide bonds. The van der Waals surface area contributed by atoms with Gasteiger partial charge < -0.3 is 5.73 Å². The minimum absolute atomic E-state index is 0.00470. The van der Waals surface area contributed by atoms with E-state index in [0.29, 0.717) is 10.7 Å². The van der Waals surface area contributed by atoms with Gasteiger partial charge in [-0.05, 0) is 50.3 Å². The molecule has 3 rings (SSSR count). The van der Waals surface area contributed by atoms with Crippen LogP contribution in [0.4, 0.5) is 5.13 Å². The number of benzene rings is 1. The molecule has 1 aliphatic rings. The standard InChI is InChI=1S/C15H17N3O3S2/c1-9-6-7-10(8-11(9)14(16)19)23(20,21)18-15-17-12-4-2-3-5-13(12)22-15/h6-8H,2-5H2,1H3,(H2,16,19)(H,17,18). The molecule has 8 heteroatoms. The van der Waals surface area contributed by atoms with Gasteiger partial charge in [-0.3, -0.25) is 9.52 Å². The predicted molar refractivity (Wildman–Crippen MR) is 89.3 cm³/mol. The van der Waals surface area contributed by atoms with E-state index < -0.39 is 15.9 Å². The molecule has 0 saturated heterocycles. The fraction of sp³-hybridized carbons (Fsp3) is 0.333. The molecule has 23 heavy (non-hydrogen) atoms. The summed E-state index contributed by atoms with van der Waals surface area (Å²) in [6, 6.07) is 4.33. The van der Waals surface area contributed by atoms with Crippen LogP contribution in [-0.4, -0.2) is 19.3 Å². The highest BCUT2D eigenvalue weighted by Gasteiger charge is 2.21. The highest BCUT2D eigenvalue weighted by atomic mass is 32.2. The predicted octanol–water partition coefficient (Wildman–Crippen LogP) is 2.23. The number of hydrogen-bond donors (Lipinski definition) is 2. The molecule has 1 aliphatic carbocycles. The van der Waals surface area contributed by atoms with Crippen molar-refractivity contribution in [1.82, 2.24) is 4.98 Å². The van der Waals surface area contributed by atoms with Gasteiger partial charge in [0, 0.05) is 10.4 Å². The largest absolute Gasteiger partial charge is 0.366 e. The van der Waals surface area contributed by atoms with Crippen molar-refractivity contribution in [2.45, 2.75) is 37.5 Å². The van der Waals surface area contributed by atoms with Crippen LogP contribution < -0.4 is 10.5 Å². The average molecular weight is 351 g/mol. The summed E-state index contributed by atoms with van der Waals surface area (Å²) in [6.07, 6.45) is 4.04. The van der Waals surface area contributed by atoms with Gasteiger partial charge in [0.1, 0.15) is 0 Å². The fourth-order valence-electron chi connectivity index (χ4n) is 2.60. The quantitative estimate of drug-likeness (QED) is 0.881. The molecule has 3 N–H and O–H groups in total. The zero-order chi connectivity index (χ0) is 16.6. The van der Waals surface area contributed by atoms with Crippen LogP contribution in [0.1, 0.15) is 39.3 Å². The first-order valence-electron chi connectivity index (χ1n) is 7.28. The number of nitrogens with one attached hydrogen (secondary N) is 1. The second-order valence-corrected chi connectivity index (χ2v) is 8.31. The molecule has 0 spiro atoms. The maximum Gasteiger partial charge on any atom is 0.263 e. The lowest BCUT2D eigenvalue weighted by Crippen LogP contribution is -2.17. The van der Waals surface area contributed by atoms with Gasteiger partial charge in [0.15, 0.2) is 5.13 Å². The summed E-state index contributed by atoms with van der Waals surface area (Å²) in [5, 5.41) is 0.373. The van der Waals surface area contributed by atoms with E-state index in [1.54, 1.807) is 13.0 Å². The monoisotopic (exact) mass is 351 g/mol. The molecule has 0 unspecified atom stereocenters. The van der Waals surface area contributed by atoms with E-state index in [1.165, 1.54) is 23.5 Å². The lowest BCUT2D eigenvalue weighted by molar-refractivity contribution is 0.0999. The summed E-state index contributed by atoms with van der Waals surface area (Å²) in [5.74, 6) is -0.649. The third kappa shape index (κ3) is 3.23. The number of nitrogens with zero attached hydrogens (tertiary/aromatic N) is 1. The smallest absolute Gasteiger partial charge is 0.263 e. The van der Waals surface area contributed by atoms with Crippen molar-refractivity contribution in [2.24, 2.45) is 5.73 Å². The number of thiazole rings is 1. The van der Waals surface area contributed by atoms with Gasteiger partial charge >= 0.3 is 0 Å². The van der Waals surface area contributed by atoms with Crippen molar-refractivity contribution in [3.8, 4) is 0 Å². The summed E-state index contributed by atoms with van der Waals surface area (Å²) in [6.45, 7) is 1.71. The van der Waals surface area contributed by atoms with E-state index in [1.807, 2.05) is 0 Å². The minimum atomic E-state index is -3.80. The molecule has 0 saturated carbocycles. The second kappa shape index (κ2) is 5.93. The van der Waals surface area contributed by atoms with Crippen LogP contribution in [0.5, 0.6) is 0 Å². The number of sulfonamides is 1. The summed E-state index contributed by atoms with van der Waals surface area (Å²) in [4.78, 5) is 16.9. The minimum Gasteiger partial charge on any atom is -0.366 e. The summed E-state index contributed by atoms with van der Waals surface area (Å²) >= 11 is 1.38. The molecule has 1 aromatic heterocycles. The lowest BCUT2D eigenvalue weighted by Gasteiger charge is -2.08. The van der Waals surface area contributed by atoms with Gasteiger partial charge in [0.2, 0.25) is 5.91 Å². The fourth-order valence-corrected chi connectivity index (χ4v) is 4.91. The number of fused-ring (bicyclic) bond motifs is 1. The third-order valence-electron chi connectivity index (χ3n) is 3.85. The summed E-state index contributed by atoms with van der Waals surface area (Å²) < 4.78 is 27.5. The van der Waals surface area contributed by atoms with Gasteiger partial charge in [-0.25, -0.2) is 13.4 Å². The normalized spacial score (nSPS) is 14.3. The molecule has 0 fully saturated rings. The van der Waals surface area contributed by atoms with Gasteiger partial charge in [-0.2, -0.15) is 0 Å². The Bertz CT molecular complexity index is 849. The van der Waals surface area contributed by atoms with E-state index >= 15 is 0 Å². The zero-order valence-electron chi connectivity index (χ0n) is 12.6. The van der Waals surface area contributed by atoms with Crippen LogP contribution >= 0.6 is 11.3 Å². The number of carbonyl (C=O) groups excluding carboxylic acids is 1. The molecule has 0 radical (unpaired) electrons. The number of nitrogens with two attached hydrogens (primary N) is 1. The van der Waals surface area contributed by atoms with Crippen LogP contribution in [0.15, 0.2) is 23.1 Å². The highest BCUT2D eigenvalue weighted by molar-refractivity contribution is 7.93. The van der Waals surface area contributed by atoms with Crippen LogP contribution in [0.2, 0.25) is 0 Å². The number of primary amides is 1. The first-order chi connectivity index (χ1) is 10.9. The van der Waals surface area contributed by atoms with Crippen LogP contribution in [-0.2, 0) is 22.9 Å². The molecular weight excluding hydrogens is 334 g/mol. The number of aromatic nitrogens is 1. The van der Waals surface area contributed by atoms with Crippen LogP contribution in [0.3, 0.4) is 0 Å². The Balaban J connectivity index is 1.91. The number of rotatable bonds is 4. The average Bonchev–Trinajstić information content (AvgIpc) is 2.88. The topological polar surface area (TPSA) is 102 Å². The Morgan fingerprint density at radius 3 is 2.74 bits per heavy atom. The van der Waals surface area contributed by atoms with Crippen molar-refractivity contribution < 1.29 is 13.2 Å². The number of aryl methyl sites for hydroxylation is 3. The van der Waals surface area contributed by atoms with Crippen molar-refractivity contribution in [2.75, 3.05) is 4.72 Å². The highest BCUT2D eigenvalue weighted by Crippen LogP contribution is 2.31. The molecule has 6 nitrogen and oxygen atoms in total. The van der Waals surface area contributed by atoms with Crippen LogP contribution in [0, 0.1) is 6.92 Å². The molecule has 0 atom stereocenters. The van der Waals surface area contributed by atoms with E-state index in [-0.39, 0.29) is 10.5 Å². The molecule has 122 valence electrons. The maximum atomic E-state index is 12.5. The molecular formula is C15H17N3O3S2. The molecule has 0 bridgehead atoms. The lowest BCUT2D eigenvalue weighted by atomic mass is 10.0. The van der Waals surface area contributed by atoms with Crippen LogP contribution in [0.25, 0.3) is 0 Å². The number of amides is 1. The Labute approximate surface area is 138 Å². The molecule has 0 aliphatic heterocycles. The molecule has 2 aromatic rings. The van der Waals surface area contributed by atoms with E-state index in [0.717, 1.165) is 36.3 Å². The number of anilines is 1. The Kier molecular flexibility index (Phi) is 4.11. The second-order valence-electron chi connectivity index (χ2n) is 5.54. The number of hydrogen-bond acceptors (Lipinski definition) is 5. The first kappa shape index (κ1) is 15.9. The third-order valence-corrected chi connectivity index (χ3v) is 6.39. The van der Waals surface area contributed by atoms with E-state index in [4.69, 9.17) is 5.73 Å². The Hall–Kier alpha value is -1.93. The first-order valence-corrected chi connectivity index (χ1v) is 9.58. The summed E-state index contributed by atoms with van der Waals surface area (Å²) in [5.41, 5.74) is 7.11. The van der Waals surface area contributed by atoms with Crippen molar-refractivity contribution in [3.63, 3.8) is 0 Å². The van der Waals surface area contributed by atoms with Gasteiger partial charge in [0.05, 0.1) is 10.6 Å². The summed E-state index contributed by atoms with van der Waals surface area (Å²) in [7, 11) is -3.80. The van der Waals surface area contributed by atoms with Crippen molar-refractivity contribution in [3.05, 3.63) is 39.9 Å². The molecule has 1 heterocycles.